The van der Waals surface area contributed by atoms with E-state index in [9.17, 15) is 15.3 Å². The van der Waals surface area contributed by atoms with E-state index in [0.717, 1.165) is 0 Å². The molecule has 1 heterocycles. The predicted octanol–water partition coefficient (Wildman–Crippen LogP) is -1.87. The molecule has 5 N–H and O–H groups in total. The third-order valence-electron chi connectivity index (χ3n) is 3.07. The van der Waals surface area contributed by atoms with Gasteiger partial charge in [0.05, 0.1) is 19.3 Å². The quantitative estimate of drug-likeness (QED) is 0.346. The molecule has 0 radical (unpaired) electrons. The summed E-state index contributed by atoms with van der Waals surface area (Å²) in [6, 6.07) is 0. The summed E-state index contributed by atoms with van der Waals surface area (Å²) < 4.78 is 10.5. The number of ether oxygens (including phenoxy) is 2. The first kappa shape index (κ1) is 16.5. The Hall–Kier alpha value is -0.540. The summed E-state index contributed by atoms with van der Waals surface area (Å²) in [6.07, 6.45) is -4.39. The van der Waals surface area contributed by atoms with Crippen LogP contribution in [0.2, 0.25) is 0 Å². The molecule has 6 unspecified atom stereocenters. The smallest absolute Gasteiger partial charge is 0.187 e. The molecule has 1 fully saturated rings. The molecular weight excluding hydrogens is 256 g/mol. The molecule has 7 heteroatoms. The van der Waals surface area contributed by atoms with Crippen LogP contribution in [-0.4, -0.2) is 75.6 Å². The summed E-state index contributed by atoms with van der Waals surface area (Å²) in [7, 11) is 0. The highest BCUT2D eigenvalue weighted by molar-refractivity contribution is 4.89. The minimum absolute atomic E-state index is 0.275. The van der Waals surface area contributed by atoms with Crippen molar-refractivity contribution in [3.63, 3.8) is 0 Å². The summed E-state index contributed by atoms with van der Waals surface area (Å²) in [4.78, 5) is 0. The van der Waals surface area contributed by atoms with Crippen molar-refractivity contribution in [2.75, 3.05) is 13.2 Å². The monoisotopic (exact) mass is 278 g/mol. The van der Waals surface area contributed by atoms with Crippen LogP contribution >= 0.6 is 0 Å². The number of rotatable bonds is 7. The summed E-state index contributed by atoms with van der Waals surface area (Å²) in [5, 5.41) is 47.1. The van der Waals surface area contributed by atoms with Gasteiger partial charge in [0.25, 0.3) is 0 Å². The lowest BCUT2D eigenvalue weighted by molar-refractivity contribution is -0.313. The van der Waals surface area contributed by atoms with Gasteiger partial charge in [-0.25, -0.2) is 0 Å². The second-order valence-corrected chi connectivity index (χ2v) is 4.50. The summed E-state index contributed by atoms with van der Waals surface area (Å²) in [6.45, 7) is 2.76. The van der Waals surface area contributed by atoms with Crippen LogP contribution in [0.4, 0.5) is 0 Å². The maximum absolute atomic E-state index is 9.75. The van der Waals surface area contributed by atoms with Gasteiger partial charge in [-0.15, -0.1) is 6.58 Å². The standard InChI is InChI=1S/C12H22O7/c1-2-3-4-7(5-13)18-12-11(17)10(16)9(15)8(6-14)19-12/h2,7-17H,1,3-6H2. The van der Waals surface area contributed by atoms with Crippen molar-refractivity contribution < 1.29 is 35.0 Å². The molecule has 112 valence electrons. The molecule has 1 rings (SSSR count). The molecule has 0 aromatic heterocycles. The lowest BCUT2D eigenvalue weighted by atomic mass is 9.99. The van der Waals surface area contributed by atoms with E-state index in [1.165, 1.54) is 0 Å². The fourth-order valence-corrected chi connectivity index (χ4v) is 1.88. The van der Waals surface area contributed by atoms with Crippen LogP contribution in [0, 0.1) is 0 Å². The van der Waals surface area contributed by atoms with E-state index in [2.05, 4.69) is 6.58 Å². The molecular formula is C12H22O7. The summed E-state index contributed by atoms with van der Waals surface area (Å²) in [5.74, 6) is 0. The third kappa shape index (κ3) is 4.22. The first-order valence-electron chi connectivity index (χ1n) is 6.22. The molecule has 1 aliphatic heterocycles. The molecule has 1 saturated heterocycles. The minimum atomic E-state index is -1.48. The third-order valence-corrected chi connectivity index (χ3v) is 3.07. The zero-order valence-electron chi connectivity index (χ0n) is 10.6. The largest absolute Gasteiger partial charge is 0.394 e. The second-order valence-electron chi connectivity index (χ2n) is 4.50. The van der Waals surface area contributed by atoms with Crippen LogP contribution in [0.1, 0.15) is 12.8 Å². The van der Waals surface area contributed by atoms with Gasteiger partial charge >= 0.3 is 0 Å². The van der Waals surface area contributed by atoms with E-state index in [4.69, 9.17) is 19.7 Å². The summed E-state index contributed by atoms with van der Waals surface area (Å²) in [5.41, 5.74) is 0. The van der Waals surface area contributed by atoms with Gasteiger partial charge in [-0.3, -0.25) is 0 Å². The molecule has 0 aliphatic carbocycles. The molecule has 6 atom stereocenters. The van der Waals surface area contributed by atoms with Crippen molar-refractivity contribution in [3.8, 4) is 0 Å². The van der Waals surface area contributed by atoms with Crippen molar-refractivity contribution in [1.82, 2.24) is 0 Å². The Bertz CT molecular complexity index is 271. The maximum atomic E-state index is 9.75. The molecule has 7 nitrogen and oxygen atoms in total. The Morgan fingerprint density at radius 2 is 1.84 bits per heavy atom. The Morgan fingerprint density at radius 1 is 1.16 bits per heavy atom. The van der Waals surface area contributed by atoms with Gasteiger partial charge < -0.3 is 35.0 Å². The van der Waals surface area contributed by atoms with E-state index in [1.807, 2.05) is 0 Å². The number of aliphatic hydroxyl groups is 5. The van der Waals surface area contributed by atoms with Crippen LogP contribution < -0.4 is 0 Å². The minimum Gasteiger partial charge on any atom is -0.394 e. The van der Waals surface area contributed by atoms with Crippen LogP contribution in [-0.2, 0) is 9.47 Å². The fraction of sp³-hybridized carbons (Fsp3) is 0.833. The first-order chi connectivity index (χ1) is 9.04. The van der Waals surface area contributed by atoms with Gasteiger partial charge in [-0.05, 0) is 12.8 Å². The molecule has 0 saturated carbocycles. The number of aliphatic hydroxyl groups excluding tert-OH is 5. The van der Waals surface area contributed by atoms with Gasteiger partial charge in [0, 0.05) is 0 Å². The van der Waals surface area contributed by atoms with Crippen molar-refractivity contribution in [3.05, 3.63) is 12.7 Å². The van der Waals surface area contributed by atoms with E-state index in [-0.39, 0.29) is 6.61 Å². The lowest BCUT2D eigenvalue weighted by Crippen LogP contribution is -2.59. The first-order valence-corrected chi connectivity index (χ1v) is 6.22. The second kappa shape index (κ2) is 7.91. The Kier molecular flexibility index (Phi) is 6.87. The van der Waals surface area contributed by atoms with E-state index in [0.29, 0.717) is 12.8 Å². The number of hydrogen-bond acceptors (Lipinski definition) is 7. The van der Waals surface area contributed by atoms with Gasteiger partial charge in [-0.2, -0.15) is 0 Å². The normalized spacial score (nSPS) is 37.0. The Labute approximate surface area is 111 Å². The van der Waals surface area contributed by atoms with Crippen molar-refractivity contribution in [2.24, 2.45) is 0 Å². The van der Waals surface area contributed by atoms with E-state index in [1.54, 1.807) is 6.08 Å². The maximum Gasteiger partial charge on any atom is 0.187 e. The topological polar surface area (TPSA) is 120 Å². The fourth-order valence-electron chi connectivity index (χ4n) is 1.88. The van der Waals surface area contributed by atoms with Crippen molar-refractivity contribution in [2.45, 2.75) is 49.7 Å². The zero-order valence-corrected chi connectivity index (χ0v) is 10.6. The van der Waals surface area contributed by atoms with Crippen LogP contribution in [0.5, 0.6) is 0 Å². The Morgan fingerprint density at radius 3 is 2.37 bits per heavy atom. The van der Waals surface area contributed by atoms with Crippen LogP contribution in [0.3, 0.4) is 0 Å². The van der Waals surface area contributed by atoms with E-state index >= 15 is 0 Å². The highest BCUT2D eigenvalue weighted by Gasteiger charge is 2.44. The van der Waals surface area contributed by atoms with Gasteiger partial charge in [0.15, 0.2) is 6.29 Å². The van der Waals surface area contributed by atoms with E-state index < -0.39 is 43.4 Å². The lowest BCUT2D eigenvalue weighted by Gasteiger charge is -2.40. The van der Waals surface area contributed by atoms with Gasteiger partial charge in [0.2, 0.25) is 0 Å². The zero-order chi connectivity index (χ0) is 14.4. The van der Waals surface area contributed by atoms with Crippen LogP contribution in [0.15, 0.2) is 12.7 Å². The summed E-state index contributed by atoms with van der Waals surface area (Å²) >= 11 is 0. The molecule has 0 aromatic carbocycles. The Balaban J connectivity index is 2.61. The molecule has 0 spiro atoms. The molecule has 0 bridgehead atoms. The highest BCUT2D eigenvalue weighted by atomic mass is 16.7. The number of hydrogen-bond donors (Lipinski definition) is 5. The van der Waals surface area contributed by atoms with Crippen molar-refractivity contribution >= 4 is 0 Å². The average molecular weight is 278 g/mol. The average Bonchev–Trinajstić information content (AvgIpc) is 2.43. The SMILES string of the molecule is C=CCCC(CO)OC1OC(CO)C(O)C(O)C1O. The van der Waals surface area contributed by atoms with Crippen molar-refractivity contribution in [1.29, 1.82) is 0 Å². The molecule has 0 aromatic rings. The molecule has 0 amide bonds. The highest BCUT2D eigenvalue weighted by Crippen LogP contribution is 2.23. The van der Waals surface area contributed by atoms with Crippen LogP contribution in [0.25, 0.3) is 0 Å². The van der Waals surface area contributed by atoms with Gasteiger partial charge in [-0.1, -0.05) is 6.08 Å². The number of allylic oxidation sites excluding steroid dienone is 1. The predicted molar refractivity (Wildman–Crippen MR) is 65.2 cm³/mol. The molecule has 19 heavy (non-hydrogen) atoms. The molecule has 1 aliphatic rings. The van der Waals surface area contributed by atoms with Gasteiger partial charge in [0.1, 0.15) is 24.4 Å².